The lowest BCUT2D eigenvalue weighted by Gasteiger charge is -2.05. The molecule has 0 saturated carbocycles. The Morgan fingerprint density at radius 1 is 1.38 bits per heavy atom. The van der Waals surface area contributed by atoms with Crippen molar-refractivity contribution in [2.24, 2.45) is 0 Å². The molecule has 0 radical (unpaired) electrons. The number of rotatable bonds is 4. The Morgan fingerprint density at radius 2 is 2.12 bits per heavy atom. The number of hydrogen-bond donors (Lipinski definition) is 3. The Kier molecular flexibility index (Phi) is 2.92. The van der Waals surface area contributed by atoms with E-state index >= 15 is 0 Å². The van der Waals surface area contributed by atoms with Gasteiger partial charge < -0.3 is 15.2 Å². The first kappa shape index (κ1) is 10.7. The monoisotopic (exact) mass is 219 g/mol. The maximum atomic E-state index is 10.4. The minimum absolute atomic E-state index is 0.0312. The fourth-order valence-electron chi connectivity index (χ4n) is 1.69. The molecule has 1 aromatic heterocycles. The molecule has 0 fully saturated rings. The van der Waals surface area contributed by atoms with E-state index in [2.05, 4.69) is 4.98 Å². The Bertz CT molecular complexity index is 471. The largest absolute Gasteiger partial charge is 0.481 e. The molecular weight excluding hydrogens is 206 g/mol. The SMILES string of the molecule is O=C(O)CCC(O)c1cc2ccccc2[nH]1. The number of aromatic nitrogens is 1. The fraction of sp³-hybridized carbons (Fsp3) is 0.250. The normalized spacial score (nSPS) is 12.8. The summed E-state index contributed by atoms with van der Waals surface area (Å²) < 4.78 is 0. The first-order chi connectivity index (χ1) is 7.66. The van der Waals surface area contributed by atoms with Crippen LogP contribution in [0.3, 0.4) is 0 Å². The van der Waals surface area contributed by atoms with Gasteiger partial charge in [0, 0.05) is 17.6 Å². The minimum atomic E-state index is -0.893. The number of aliphatic hydroxyl groups excluding tert-OH is 1. The van der Waals surface area contributed by atoms with Gasteiger partial charge in [0.15, 0.2) is 0 Å². The molecule has 2 rings (SSSR count). The van der Waals surface area contributed by atoms with E-state index in [0.717, 1.165) is 10.9 Å². The summed E-state index contributed by atoms with van der Waals surface area (Å²) in [6.07, 6.45) is -0.554. The standard InChI is InChI=1S/C12H13NO3/c14-11(5-6-12(15)16)10-7-8-3-1-2-4-9(8)13-10/h1-4,7,11,13-14H,5-6H2,(H,15,16). The number of carboxylic acid groups (broad SMARTS) is 1. The summed E-state index contributed by atoms with van der Waals surface area (Å²) in [4.78, 5) is 13.5. The van der Waals surface area contributed by atoms with E-state index < -0.39 is 12.1 Å². The summed E-state index contributed by atoms with van der Waals surface area (Å²) in [5.74, 6) is -0.893. The van der Waals surface area contributed by atoms with Gasteiger partial charge in [-0.25, -0.2) is 0 Å². The van der Waals surface area contributed by atoms with E-state index in [1.807, 2.05) is 30.3 Å². The van der Waals surface area contributed by atoms with Gasteiger partial charge in [-0.05, 0) is 23.9 Å². The summed E-state index contributed by atoms with van der Waals surface area (Å²) in [7, 11) is 0. The smallest absolute Gasteiger partial charge is 0.303 e. The van der Waals surface area contributed by atoms with Crippen LogP contribution in [0.5, 0.6) is 0 Å². The summed E-state index contributed by atoms with van der Waals surface area (Å²) >= 11 is 0. The summed E-state index contributed by atoms with van der Waals surface area (Å²) in [5, 5.41) is 19.3. The highest BCUT2D eigenvalue weighted by Crippen LogP contribution is 2.22. The Labute approximate surface area is 92.5 Å². The van der Waals surface area contributed by atoms with Crippen LogP contribution in [0.25, 0.3) is 10.9 Å². The van der Waals surface area contributed by atoms with E-state index in [1.165, 1.54) is 0 Å². The summed E-state index contributed by atoms with van der Waals surface area (Å²) in [6, 6.07) is 9.54. The predicted molar refractivity (Wildman–Crippen MR) is 60.1 cm³/mol. The van der Waals surface area contributed by atoms with Crippen LogP contribution >= 0.6 is 0 Å². The molecule has 3 N–H and O–H groups in total. The maximum absolute atomic E-state index is 10.4. The topological polar surface area (TPSA) is 73.3 Å². The molecule has 2 aromatic rings. The third-order valence-electron chi connectivity index (χ3n) is 2.54. The number of aromatic amines is 1. The van der Waals surface area contributed by atoms with Crippen molar-refractivity contribution in [3.8, 4) is 0 Å². The molecule has 0 aliphatic carbocycles. The number of nitrogens with one attached hydrogen (secondary N) is 1. The van der Waals surface area contributed by atoms with Crippen LogP contribution in [0.4, 0.5) is 0 Å². The number of carboxylic acids is 1. The van der Waals surface area contributed by atoms with Crippen LogP contribution in [0, 0.1) is 0 Å². The molecule has 0 spiro atoms. The lowest BCUT2D eigenvalue weighted by Crippen LogP contribution is -2.02. The van der Waals surface area contributed by atoms with E-state index in [4.69, 9.17) is 5.11 Å². The van der Waals surface area contributed by atoms with Crippen molar-refractivity contribution in [3.05, 3.63) is 36.0 Å². The third-order valence-corrected chi connectivity index (χ3v) is 2.54. The molecule has 1 heterocycles. The molecule has 0 amide bonds. The van der Waals surface area contributed by atoms with Crippen LogP contribution in [0.2, 0.25) is 0 Å². The maximum Gasteiger partial charge on any atom is 0.303 e. The van der Waals surface area contributed by atoms with Crippen LogP contribution in [0.1, 0.15) is 24.6 Å². The Morgan fingerprint density at radius 3 is 2.81 bits per heavy atom. The number of para-hydroxylation sites is 1. The molecule has 0 aliphatic heterocycles. The van der Waals surface area contributed by atoms with Crippen LogP contribution in [0.15, 0.2) is 30.3 Å². The highest BCUT2D eigenvalue weighted by Gasteiger charge is 2.12. The third kappa shape index (κ3) is 2.23. The van der Waals surface area contributed by atoms with Gasteiger partial charge in [0.05, 0.1) is 6.10 Å². The van der Waals surface area contributed by atoms with Gasteiger partial charge in [-0.2, -0.15) is 0 Å². The second-order valence-electron chi connectivity index (χ2n) is 3.76. The van der Waals surface area contributed by atoms with Gasteiger partial charge in [-0.1, -0.05) is 18.2 Å². The van der Waals surface area contributed by atoms with Crippen molar-refractivity contribution in [2.45, 2.75) is 18.9 Å². The van der Waals surface area contributed by atoms with Crippen LogP contribution < -0.4 is 0 Å². The first-order valence-electron chi connectivity index (χ1n) is 5.14. The quantitative estimate of drug-likeness (QED) is 0.737. The lowest BCUT2D eigenvalue weighted by molar-refractivity contribution is -0.137. The molecule has 0 bridgehead atoms. The average Bonchev–Trinajstić information content (AvgIpc) is 2.69. The van der Waals surface area contributed by atoms with Crippen molar-refractivity contribution < 1.29 is 15.0 Å². The number of aliphatic hydroxyl groups is 1. The number of benzene rings is 1. The minimum Gasteiger partial charge on any atom is -0.481 e. The van der Waals surface area contributed by atoms with Crippen LogP contribution in [-0.4, -0.2) is 21.2 Å². The van der Waals surface area contributed by atoms with Crippen molar-refractivity contribution in [1.82, 2.24) is 4.98 Å². The zero-order chi connectivity index (χ0) is 11.5. The molecule has 16 heavy (non-hydrogen) atoms. The number of carbonyl (C=O) groups is 1. The van der Waals surface area contributed by atoms with Gasteiger partial charge in [0.2, 0.25) is 0 Å². The molecule has 84 valence electrons. The highest BCUT2D eigenvalue weighted by atomic mass is 16.4. The van der Waals surface area contributed by atoms with Gasteiger partial charge in [0.1, 0.15) is 0 Å². The zero-order valence-corrected chi connectivity index (χ0v) is 8.68. The van der Waals surface area contributed by atoms with Crippen molar-refractivity contribution >= 4 is 16.9 Å². The number of fused-ring (bicyclic) bond motifs is 1. The fourth-order valence-corrected chi connectivity index (χ4v) is 1.69. The van der Waals surface area contributed by atoms with Gasteiger partial charge in [0.25, 0.3) is 0 Å². The zero-order valence-electron chi connectivity index (χ0n) is 8.68. The van der Waals surface area contributed by atoms with E-state index in [-0.39, 0.29) is 12.8 Å². The lowest BCUT2D eigenvalue weighted by atomic mass is 10.1. The second-order valence-corrected chi connectivity index (χ2v) is 3.76. The molecule has 1 unspecified atom stereocenters. The molecule has 0 saturated heterocycles. The second kappa shape index (κ2) is 4.37. The molecule has 4 heteroatoms. The van der Waals surface area contributed by atoms with Crippen LogP contribution in [-0.2, 0) is 4.79 Å². The molecule has 0 aliphatic rings. The predicted octanol–water partition coefficient (Wildman–Crippen LogP) is 2.07. The van der Waals surface area contributed by atoms with Crippen molar-refractivity contribution in [3.63, 3.8) is 0 Å². The molecular formula is C12H13NO3. The average molecular weight is 219 g/mol. The summed E-state index contributed by atoms with van der Waals surface area (Å²) in [6.45, 7) is 0. The van der Waals surface area contributed by atoms with E-state index in [9.17, 15) is 9.90 Å². The van der Waals surface area contributed by atoms with Gasteiger partial charge in [-0.3, -0.25) is 4.79 Å². The summed E-state index contributed by atoms with van der Waals surface area (Å²) in [5.41, 5.74) is 1.62. The molecule has 4 nitrogen and oxygen atoms in total. The number of H-pyrrole nitrogens is 1. The first-order valence-corrected chi connectivity index (χ1v) is 5.14. The Hall–Kier alpha value is -1.81. The van der Waals surface area contributed by atoms with Crippen molar-refractivity contribution in [2.75, 3.05) is 0 Å². The van der Waals surface area contributed by atoms with Gasteiger partial charge in [-0.15, -0.1) is 0 Å². The van der Waals surface area contributed by atoms with Gasteiger partial charge >= 0.3 is 5.97 Å². The number of hydrogen-bond acceptors (Lipinski definition) is 2. The molecule has 1 aromatic carbocycles. The molecule has 1 atom stereocenters. The highest BCUT2D eigenvalue weighted by molar-refractivity contribution is 5.80. The Balaban J connectivity index is 2.16. The van der Waals surface area contributed by atoms with Crippen molar-refractivity contribution in [1.29, 1.82) is 0 Å². The van der Waals surface area contributed by atoms with E-state index in [1.54, 1.807) is 0 Å². The van der Waals surface area contributed by atoms with E-state index in [0.29, 0.717) is 5.69 Å². The number of aliphatic carboxylic acids is 1.